The van der Waals surface area contributed by atoms with E-state index < -0.39 is 0 Å². The Balaban J connectivity index is 2.54. The molecule has 0 aliphatic rings. The van der Waals surface area contributed by atoms with Gasteiger partial charge in [-0.25, -0.2) is 0 Å². The molecule has 0 aliphatic heterocycles. The summed E-state index contributed by atoms with van der Waals surface area (Å²) in [5.41, 5.74) is 3.85. The third-order valence-electron chi connectivity index (χ3n) is 2.28. The van der Waals surface area contributed by atoms with Crippen molar-refractivity contribution >= 4 is 5.69 Å². The largest absolute Gasteiger partial charge is 0.385 e. The van der Waals surface area contributed by atoms with Crippen molar-refractivity contribution in [3.05, 3.63) is 29.3 Å². The average molecular weight is 187 g/mol. The quantitative estimate of drug-likeness (QED) is 0.564. The Morgan fingerprint density at radius 1 is 1.29 bits per heavy atom. The molecule has 0 radical (unpaired) electrons. The Hall–Kier alpha value is -1.42. The number of hydrogen-bond donors (Lipinski definition) is 1. The van der Waals surface area contributed by atoms with Crippen molar-refractivity contribution in [3.8, 4) is 12.3 Å². The fourth-order valence-corrected chi connectivity index (χ4v) is 1.50. The Bertz CT molecular complexity index is 313. The first kappa shape index (κ1) is 10.7. The molecule has 1 N–H and O–H groups in total. The van der Waals surface area contributed by atoms with Gasteiger partial charge in [0, 0.05) is 18.7 Å². The monoisotopic (exact) mass is 187 g/mol. The fraction of sp³-hybridized carbons (Fsp3) is 0.385. The second-order valence-corrected chi connectivity index (χ2v) is 3.50. The van der Waals surface area contributed by atoms with Crippen LogP contribution in [0.2, 0.25) is 0 Å². The highest BCUT2D eigenvalue weighted by Crippen LogP contribution is 2.19. The molecule has 0 unspecified atom stereocenters. The molecule has 0 saturated carbocycles. The van der Waals surface area contributed by atoms with E-state index in [1.54, 1.807) is 0 Å². The molecule has 0 saturated heterocycles. The van der Waals surface area contributed by atoms with Gasteiger partial charge in [0.2, 0.25) is 0 Å². The topological polar surface area (TPSA) is 12.0 Å². The van der Waals surface area contributed by atoms with Crippen LogP contribution in [0.1, 0.15) is 24.0 Å². The van der Waals surface area contributed by atoms with Gasteiger partial charge < -0.3 is 5.32 Å². The molecule has 0 heterocycles. The van der Waals surface area contributed by atoms with Crippen LogP contribution in [0.15, 0.2) is 18.2 Å². The lowest BCUT2D eigenvalue weighted by Gasteiger charge is -2.11. The summed E-state index contributed by atoms with van der Waals surface area (Å²) < 4.78 is 0. The Kier molecular flexibility index (Phi) is 4.07. The number of hydrogen-bond acceptors (Lipinski definition) is 1. The Labute approximate surface area is 86.5 Å². The van der Waals surface area contributed by atoms with Crippen molar-refractivity contribution in [1.82, 2.24) is 0 Å². The molecule has 0 fully saturated rings. The summed E-state index contributed by atoms with van der Waals surface area (Å²) in [6.07, 6.45) is 7.07. The summed E-state index contributed by atoms with van der Waals surface area (Å²) >= 11 is 0. The molecule has 0 spiro atoms. The summed E-state index contributed by atoms with van der Waals surface area (Å²) in [4.78, 5) is 0. The summed E-state index contributed by atoms with van der Waals surface area (Å²) in [5, 5.41) is 3.42. The fourth-order valence-electron chi connectivity index (χ4n) is 1.50. The molecule has 0 aliphatic carbocycles. The van der Waals surface area contributed by atoms with E-state index in [1.807, 2.05) is 0 Å². The van der Waals surface area contributed by atoms with Crippen LogP contribution in [0.25, 0.3) is 0 Å². The molecule has 0 amide bonds. The minimum atomic E-state index is 0.845. The summed E-state index contributed by atoms with van der Waals surface area (Å²) in [6.45, 7) is 5.20. The number of para-hydroxylation sites is 1. The molecule has 1 aromatic carbocycles. The zero-order chi connectivity index (χ0) is 10.4. The van der Waals surface area contributed by atoms with E-state index in [2.05, 4.69) is 43.3 Å². The van der Waals surface area contributed by atoms with Gasteiger partial charge in [-0.05, 0) is 31.4 Å². The van der Waals surface area contributed by atoms with Gasteiger partial charge in [0.15, 0.2) is 0 Å². The highest BCUT2D eigenvalue weighted by molar-refractivity contribution is 5.56. The minimum absolute atomic E-state index is 0.845. The van der Waals surface area contributed by atoms with E-state index in [0.29, 0.717) is 0 Å². The lowest BCUT2D eigenvalue weighted by molar-refractivity contribution is 0.904. The molecule has 1 rings (SSSR count). The highest BCUT2D eigenvalue weighted by Gasteiger charge is 1.99. The van der Waals surface area contributed by atoms with Gasteiger partial charge in [-0.3, -0.25) is 0 Å². The predicted molar refractivity (Wildman–Crippen MR) is 62.5 cm³/mol. The van der Waals surface area contributed by atoms with Gasteiger partial charge in [-0.2, -0.15) is 0 Å². The number of benzene rings is 1. The molecule has 0 bridgehead atoms. The number of unbranched alkanes of at least 4 members (excludes halogenated alkanes) is 1. The van der Waals surface area contributed by atoms with Crippen LogP contribution in [-0.2, 0) is 0 Å². The van der Waals surface area contributed by atoms with Crippen molar-refractivity contribution in [2.75, 3.05) is 11.9 Å². The van der Waals surface area contributed by atoms with Crippen LogP contribution < -0.4 is 5.32 Å². The van der Waals surface area contributed by atoms with Gasteiger partial charge in [0.25, 0.3) is 0 Å². The van der Waals surface area contributed by atoms with E-state index in [-0.39, 0.29) is 0 Å². The van der Waals surface area contributed by atoms with Crippen LogP contribution in [0.3, 0.4) is 0 Å². The maximum absolute atomic E-state index is 5.19. The van der Waals surface area contributed by atoms with Gasteiger partial charge in [0.05, 0.1) is 0 Å². The van der Waals surface area contributed by atoms with Crippen molar-refractivity contribution < 1.29 is 0 Å². The number of aryl methyl sites for hydroxylation is 2. The Morgan fingerprint density at radius 2 is 1.93 bits per heavy atom. The Morgan fingerprint density at radius 3 is 2.50 bits per heavy atom. The van der Waals surface area contributed by atoms with E-state index >= 15 is 0 Å². The molecule has 0 atom stereocenters. The number of anilines is 1. The van der Waals surface area contributed by atoms with Crippen LogP contribution >= 0.6 is 0 Å². The van der Waals surface area contributed by atoms with Gasteiger partial charge >= 0.3 is 0 Å². The smallest absolute Gasteiger partial charge is 0.0399 e. The summed E-state index contributed by atoms with van der Waals surface area (Å²) in [5.74, 6) is 2.64. The van der Waals surface area contributed by atoms with Crippen molar-refractivity contribution in [3.63, 3.8) is 0 Å². The van der Waals surface area contributed by atoms with Gasteiger partial charge in [0.1, 0.15) is 0 Å². The standard InChI is InChI=1S/C13H17N/c1-4-5-6-10-14-13-11(2)8-7-9-12(13)3/h1,7-9,14H,5-6,10H2,2-3H3. The molecule has 1 nitrogen and oxygen atoms in total. The third kappa shape index (κ3) is 2.81. The number of nitrogens with one attached hydrogen (secondary N) is 1. The molecule has 74 valence electrons. The SMILES string of the molecule is C#CCCCNc1c(C)cccc1C. The lowest BCUT2D eigenvalue weighted by Crippen LogP contribution is -2.04. The average Bonchev–Trinajstić information content (AvgIpc) is 2.16. The number of rotatable bonds is 4. The first-order valence-corrected chi connectivity index (χ1v) is 4.99. The highest BCUT2D eigenvalue weighted by atomic mass is 14.9. The van der Waals surface area contributed by atoms with Gasteiger partial charge in [-0.1, -0.05) is 18.2 Å². The number of terminal acetylenes is 1. The van der Waals surface area contributed by atoms with Crippen molar-refractivity contribution in [1.29, 1.82) is 0 Å². The molecule has 1 aromatic rings. The van der Waals surface area contributed by atoms with Crippen LogP contribution in [0.4, 0.5) is 5.69 Å². The summed E-state index contributed by atoms with van der Waals surface area (Å²) in [6, 6.07) is 6.32. The van der Waals surface area contributed by atoms with Crippen molar-refractivity contribution in [2.45, 2.75) is 26.7 Å². The van der Waals surface area contributed by atoms with E-state index in [9.17, 15) is 0 Å². The second-order valence-electron chi connectivity index (χ2n) is 3.50. The molecular formula is C13H17N. The summed E-state index contributed by atoms with van der Waals surface area (Å²) in [7, 11) is 0. The predicted octanol–water partition coefficient (Wildman–Crippen LogP) is 3.13. The van der Waals surface area contributed by atoms with Crippen LogP contribution in [-0.4, -0.2) is 6.54 Å². The first-order chi connectivity index (χ1) is 6.75. The molecule has 0 aromatic heterocycles. The van der Waals surface area contributed by atoms with Crippen molar-refractivity contribution in [2.24, 2.45) is 0 Å². The normalized spacial score (nSPS) is 9.50. The first-order valence-electron chi connectivity index (χ1n) is 4.99. The maximum atomic E-state index is 5.19. The minimum Gasteiger partial charge on any atom is -0.385 e. The molecule has 14 heavy (non-hydrogen) atoms. The maximum Gasteiger partial charge on any atom is 0.0399 e. The lowest BCUT2D eigenvalue weighted by atomic mass is 10.1. The molecule has 1 heteroatoms. The van der Waals surface area contributed by atoms with Gasteiger partial charge in [-0.15, -0.1) is 12.3 Å². The zero-order valence-electron chi connectivity index (χ0n) is 8.93. The van der Waals surface area contributed by atoms with Crippen LogP contribution in [0, 0.1) is 26.2 Å². The zero-order valence-corrected chi connectivity index (χ0v) is 8.93. The van der Waals surface area contributed by atoms with E-state index in [1.165, 1.54) is 16.8 Å². The second kappa shape index (κ2) is 5.34. The van der Waals surface area contributed by atoms with Crippen LogP contribution in [0.5, 0.6) is 0 Å². The molecular weight excluding hydrogens is 170 g/mol. The van der Waals surface area contributed by atoms with E-state index in [4.69, 9.17) is 6.42 Å². The third-order valence-corrected chi connectivity index (χ3v) is 2.28. The van der Waals surface area contributed by atoms with E-state index in [0.717, 1.165) is 19.4 Å².